The van der Waals surface area contributed by atoms with Crippen LogP contribution in [-0.4, -0.2) is 28.7 Å². The smallest absolute Gasteiger partial charge is 0.263 e. The fraction of sp³-hybridized carbons (Fsp3) is 0.0556. The van der Waals surface area contributed by atoms with Gasteiger partial charge >= 0.3 is 0 Å². The SMILES string of the molecule is Cc1nnc(NS(=O)(=O)c2ccc(N=Nc3ccc(O)c4ncccc34)cc2)s1. The molecule has 0 saturated carbocycles. The maximum absolute atomic E-state index is 12.4. The van der Waals surface area contributed by atoms with Crippen molar-refractivity contribution in [2.45, 2.75) is 11.8 Å². The van der Waals surface area contributed by atoms with Gasteiger partial charge in [0.05, 0.1) is 16.3 Å². The number of sulfonamides is 1. The molecule has 0 fully saturated rings. The number of phenols is 1. The van der Waals surface area contributed by atoms with E-state index in [1.807, 2.05) is 0 Å². The van der Waals surface area contributed by atoms with E-state index in [1.54, 1.807) is 43.5 Å². The summed E-state index contributed by atoms with van der Waals surface area (Å²) in [7, 11) is -3.77. The molecule has 146 valence electrons. The van der Waals surface area contributed by atoms with E-state index < -0.39 is 10.0 Å². The van der Waals surface area contributed by atoms with Crippen LogP contribution in [0, 0.1) is 6.92 Å². The van der Waals surface area contributed by atoms with E-state index in [-0.39, 0.29) is 15.8 Å². The van der Waals surface area contributed by atoms with Crippen LogP contribution in [0.3, 0.4) is 0 Å². The summed E-state index contributed by atoms with van der Waals surface area (Å²) in [5.74, 6) is 0.0623. The van der Waals surface area contributed by atoms with Crippen LogP contribution >= 0.6 is 11.3 Å². The minimum Gasteiger partial charge on any atom is -0.506 e. The monoisotopic (exact) mass is 426 g/mol. The van der Waals surface area contributed by atoms with Gasteiger partial charge in [0.25, 0.3) is 10.0 Å². The van der Waals surface area contributed by atoms with Crippen LogP contribution in [0.25, 0.3) is 10.9 Å². The fourth-order valence-corrected chi connectivity index (χ4v) is 4.37. The summed E-state index contributed by atoms with van der Waals surface area (Å²) in [5.41, 5.74) is 1.44. The Bertz CT molecular complexity index is 1320. The number of aromatic hydroxyl groups is 1. The van der Waals surface area contributed by atoms with Gasteiger partial charge in [-0.15, -0.1) is 15.3 Å². The van der Waals surface area contributed by atoms with E-state index >= 15 is 0 Å². The van der Waals surface area contributed by atoms with Crippen molar-refractivity contribution in [3.8, 4) is 5.75 Å². The first kappa shape index (κ1) is 18.9. The lowest BCUT2D eigenvalue weighted by molar-refractivity contribution is 0.480. The van der Waals surface area contributed by atoms with Gasteiger partial charge in [-0.3, -0.25) is 9.71 Å². The lowest BCUT2D eigenvalue weighted by atomic mass is 10.2. The molecule has 4 aromatic rings. The first-order chi connectivity index (χ1) is 13.9. The van der Waals surface area contributed by atoms with E-state index in [2.05, 4.69) is 30.1 Å². The third-order valence-electron chi connectivity index (χ3n) is 3.89. The van der Waals surface area contributed by atoms with Gasteiger partial charge < -0.3 is 5.11 Å². The number of benzene rings is 2. The Morgan fingerprint density at radius 2 is 1.83 bits per heavy atom. The molecule has 2 aromatic carbocycles. The molecule has 0 saturated heterocycles. The molecule has 0 aliphatic rings. The maximum atomic E-state index is 12.4. The molecule has 29 heavy (non-hydrogen) atoms. The number of hydrogen-bond donors (Lipinski definition) is 2. The quantitative estimate of drug-likeness (QED) is 0.457. The Balaban J connectivity index is 1.56. The number of nitrogens with one attached hydrogen (secondary N) is 1. The molecule has 0 aliphatic heterocycles. The van der Waals surface area contributed by atoms with Gasteiger partial charge in [-0.25, -0.2) is 8.42 Å². The highest BCUT2D eigenvalue weighted by Crippen LogP contribution is 2.32. The predicted molar refractivity (Wildman–Crippen MR) is 109 cm³/mol. The zero-order valence-corrected chi connectivity index (χ0v) is 16.6. The molecular weight excluding hydrogens is 412 g/mol. The average molecular weight is 426 g/mol. The minimum absolute atomic E-state index is 0.0623. The summed E-state index contributed by atoms with van der Waals surface area (Å²) in [4.78, 5) is 4.21. The molecule has 0 aliphatic carbocycles. The van der Waals surface area contributed by atoms with E-state index in [1.165, 1.54) is 18.2 Å². The number of fused-ring (bicyclic) bond motifs is 1. The number of pyridine rings is 1. The number of hydrogen-bond acceptors (Lipinski definition) is 9. The largest absolute Gasteiger partial charge is 0.506 e. The summed E-state index contributed by atoms with van der Waals surface area (Å²) in [6.07, 6.45) is 1.58. The van der Waals surface area contributed by atoms with Crippen LogP contribution in [0.4, 0.5) is 16.5 Å². The van der Waals surface area contributed by atoms with Crippen molar-refractivity contribution >= 4 is 48.8 Å². The third-order valence-corrected chi connectivity index (χ3v) is 6.13. The molecule has 2 aromatic heterocycles. The Hall–Kier alpha value is -3.44. The van der Waals surface area contributed by atoms with Crippen LogP contribution in [0.15, 0.2) is 69.9 Å². The van der Waals surface area contributed by atoms with Gasteiger partial charge in [0.15, 0.2) is 0 Å². The number of anilines is 1. The normalized spacial score (nSPS) is 11.9. The van der Waals surface area contributed by atoms with Crippen molar-refractivity contribution < 1.29 is 13.5 Å². The molecule has 0 spiro atoms. The average Bonchev–Trinajstić information content (AvgIpc) is 3.12. The molecule has 0 unspecified atom stereocenters. The zero-order chi connectivity index (χ0) is 20.4. The standard InChI is InChI=1S/C18H14N6O3S2/c1-11-20-23-18(28-11)24-29(26,27)13-6-4-12(5-7-13)21-22-15-8-9-16(25)17-14(15)3-2-10-19-17/h2-10,25H,1H3,(H,23,24). The van der Waals surface area contributed by atoms with Crippen LogP contribution < -0.4 is 4.72 Å². The Morgan fingerprint density at radius 3 is 2.55 bits per heavy atom. The Morgan fingerprint density at radius 1 is 1.03 bits per heavy atom. The third kappa shape index (κ3) is 4.05. The van der Waals surface area contributed by atoms with Gasteiger partial charge in [0.1, 0.15) is 16.3 Å². The van der Waals surface area contributed by atoms with Crippen LogP contribution in [-0.2, 0) is 10.0 Å². The summed E-state index contributed by atoms with van der Waals surface area (Å²) < 4.78 is 27.2. The Labute approximate surface area is 169 Å². The van der Waals surface area contributed by atoms with E-state index in [0.29, 0.717) is 27.3 Å². The van der Waals surface area contributed by atoms with Gasteiger partial charge in [-0.2, -0.15) is 5.11 Å². The second-order valence-electron chi connectivity index (χ2n) is 5.93. The van der Waals surface area contributed by atoms with Gasteiger partial charge in [0, 0.05) is 11.6 Å². The summed E-state index contributed by atoms with van der Waals surface area (Å²) in [6.45, 7) is 1.74. The molecular formula is C18H14N6O3S2. The number of phenolic OH excluding ortho intramolecular Hbond substituents is 1. The molecule has 0 amide bonds. The second-order valence-corrected chi connectivity index (χ2v) is 8.79. The molecule has 0 bridgehead atoms. The van der Waals surface area contributed by atoms with Gasteiger partial charge in [-0.1, -0.05) is 11.3 Å². The summed E-state index contributed by atoms with van der Waals surface area (Å²) in [6, 6.07) is 12.6. The molecule has 9 nitrogen and oxygen atoms in total. The summed E-state index contributed by atoms with van der Waals surface area (Å²) in [5, 5.41) is 27.3. The lowest BCUT2D eigenvalue weighted by Gasteiger charge is -2.05. The molecule has 2 heterocycles. The predicted octanol–water partition coefficient (Wildman–Crippen LogP) is 4.32. The highest BCUT2D eigenvalue weighted by molar-refractivity contribution is 7.93. The number of aryl methyl sites for hydroxylation is 1. The highest BCUT2D eigenvalue weighted by Gasteiger charge is 2.16. The van der Waals surface area contributed by atoms with Crippen LogP contribution in [0.2, 0.25) is 0 Å². The van der Waals surface area contributed by atoms with E-state index in [4.69, 9.17) is 0 Å². The fourth-order valence-electron chi connectivity index (χ4n) is 2.55. The van der Waals surface area contributed by atoms with Gasteiger partial charge in [-0.05, 0) is 55.5 Å². The number of nitrogens with zero attached hydrogens (tertiary/aromatic N) is 5. The topological polar surface area (TPSA) is 130 Å². The van der Waals surface area contributed by atoms with Crippen molar-refractivity contribution in [2.24, 2.45) is 10.2 Å². The Kier molecular flexibility index (Phi) is 4.91. The molecule has 11 heteroatoms. The summed E-state index contributed by atoms with van der Waals surface area (Å²) >= 11 is 1.15. The molecule has 0 atom stereocenters. The zero-order valence-electron chi connectivity index (χ0n) is 15.0. The first-order valence-electron chi connectivity index (χ1n) is 8.34. The second kappa shape index (κ2) is 7.53. The van der Waals surface area contributed by atoms with Crippen molar-refractivity contribution in [1.29, 1.82) is 0 Å². The van der Waals surface area contributed by atoms with Crippen molar-refractivity contribution in [2.75, 3.05) is 4.72 Å². The van der Waals surface area contributed by atoms with Crippen LogP contribution in [0.5, 0.6) is 5.75 Å². The number of azo groups is 1. The number of rotatable bonds is 5. The maximum Gasteiger partial charge on any atom is 0.263 e. The van der Waals surface area contributed by atoms with Gasteiger partial charge in [0.2, 0.25) is 5.13 Å². The first-order valence-corrected chi connectivity index (χ1v) is 10.6. The minimum atomic E-state index is -3.77. The molecule has 4 rings (SSSR count). The van der Waals surface area contributed by atoms with Crippen molar-refractivity contribution in [3.63, 3.8) is 0 Å². The highest BCUT2D eigenvalue weighted by atomic mass is 32.2. The van der Waals surface area contributed by atoms with E-state index in [9.17, 15) is 13.5 Å². The van der Waals surface area contributed by atoms with E-state index in [0.717, 1.165) is 11.3 Å². The lowest BCUT2D eigenvalue weighted by Crippen LogP contribution is -2.12. The number of aromatic nitrogens is 3. The van der Waals surface area contributed by atoms with Crippen LogP contribution in [0.1, 0.15) is 5.01 Å². The molecule has 2 N–H and O–H groups in total. The van der Waals surface area contributed by atoms with Crippen molar-refractivity contribution in [3.05, 3.63) is 59.7 Å². The van der Waals surface area contributed by atoms with Crippen molar-refractivity contribution in [1.82, 2.24) is 15.2 Å². The molecule has 0 radical (unpaired) electrons.